The van der Waals surface area contributed by atoms with Gasteiger partial charge in [0.2, 0.25) is 5.91 Å². The molecule has 2 N–H and O–H groups in total. The van der Waals surface area contributed by atoms with Gasteiger partial charge in [-0.25, -0.2) is 0 Å². The van der Waals surface area contributed by atoms with Gasteiger partial charge in [0, 0.05) is 13.1 Å². The van der Waals surface area contributed by atoms with Crippen molar-refractivity contribution in [1.29, 1.82) is 0 Å². The minimum Gasteiger partial charge on any atom is -0.469 e. The third kappa shape index (κ3) is 4.14. The first-order valence-corrected chi connectivity index (χ1v) is 8.89. The molecule has 0 saturated carbocycles. The van der Waals surface area contributed by atoms with E-state index >= 15 is 0 Å². The summed E-state index contributed by atoms with van der Waals surface area (Å²) in [7, 11) is 0. The summed E-state index contributed by atoms with van der Waals surface area (Å²) >= 11 is 0. The molecule has 3 rings (SSSR count). The number of amides is 2. The second-order valence-corrected chi connectivity index (χ2v) is 6.65. The Balaban J connectivity index is 1.46. The molecule has 6 heteroatoms. The van der Waals surface area contributed by atoms with E-state index in [-0.39, 0.29) is 24.3 Å². The number of hydrogen-bond acceptors (Lipinski definition) is 4. The molecule has 2 aromatic rings. The van der Waals surface area contributed by atoms with Crippen LogP contribution in [0.1, 0.15) is 40.6 Å². The highest BCUT2D eigenvalue weighted by molar-refractivity contribution is 5.97. The maximum atomic E-state index is 12.3. The summed E-state index contributed by atoms with van der Waals surface area (Å²) in [5.74, 6) is 0.265. The molecule has 1 atom stereocenters. The van der Waals surface area contributed by atoms with Crippen molar-refractivity contribution in [3.05, 3.63) is 59.5 Å². The summed E-state index contributed by atoms with van der Waals surface area (Å²) in [4.78, 5) is 26.1. The summed E-state index contributed by atoms with van der Waals surface area (Å²) < 4.78 is 5.10. The molecular formula is C20H24N2O4. The summed E-state index contributed by atoms with van der Waals surface area (Å²) in [6.45, 7) is 2.86. The van der Waals surface area contributed by atoms with E-state index in [9.17, 15) is 14.7 Å². The third-order valence-corrected chi connectivity index (χ3v) is 4.98. The van der Waals surface area contributed by atoms with E-state index in [1.807, 2.05) is 30.3 Å². The fraction of sp³-hybridized carbons (Fsp3) is 0.400. The van der Waals surface area contributed by atoms with E-state index in [0.717, 1.165) is 18.4 Å². The minimum atomic E-state index is -0.503. The molecule has 1 saturated heterocycles. The van der Waals surface area contributed by atoms with Crippen LogP contribution < -0.4 is 5.32 Å². The number of piperidine rings is 1. The average molecular weight is 356 g/mol. The summed E-state index contributed by atoms with van der Waals surface area (Å²) in [5.41, 5.74) is 1.36. The quantitative estimate of drug-likeness (QED) is 0.861. The van der Waals surface area contributed by atoms with Gasteiger partial charge in [0.15, 0.2) is 0 Å². The Morgan fingerprint density at radius 1 is 1.23 bits per heavy atom. The van der Waals surface area contributed by atoms with E-state index in [4.69, 9.17) is 4.42 Å². The summed E-state index contributed by atoms with van der Waals surface area (Å²) in [6.07, 6.45) is 2.44. The zero-order chi connectivity index (χ0) is 18.5. The highest BCUT2D eigenvalue weighted by Crippen LogP contribution is 2.30. The van der Waals surface area contributed by atoms with Crippen LogP contribution in [-0.4, -0.2) is 41.5 Å². The Labute approximate surface area is 152 Å². The number of aryl methyl sites for hydroxylation is 1. The smallest absolute Gasteiger partial charge is 0.255 e. The van der Waals surface area contributed by atoms with E-state index in [1.165, 1.54) is 6.26 Å². The predicted octanol–water partition coefficient (Wildman–Crippen LogP) is 2.29. The molecule has 1 fully saturated rings. The molecule has 0 bridgehead atoms. The van der Waals surface area contributed by atoms with Crippen molar-refractivity contribution in [2.75, 3.05) is 19.6 Å². The van der Waals surface area contributed by atoms with Crippen molar-refractivity contribution < 1.29 is 19.1 Å². The Bertz CT molecular complexity index is 748. The Hall–Kier alpha value is -2.60. The fourth-order valence-electron chi connectivity index (χ4n) is 3.37. The number of nitrogens with zero attached hydrogens (tertiary/aromatic N) is 1. The number of rotatable bonds is 5. The highest BCUT2D eigenvalue weighted by Gasteiger charge is 2.28. The van der Waals surface area contributed by atoms with Crippen LogP contribution in [-0.2, 0) is 4.79 Å². The van der Waals surface area contributed by atoms with E-state index in [0.29, 0.717) is 24.4 Å². The van der Waals surface area contributed by atoms with Gasteiger partial charge in [-0.1, -0.05) is 30.3 Å². The Morgan fingerprint density at radius 3 is 2.54 bits per heavy atom. The number of likely N-dealkylation sites (tertiary alicyclic amines) is 1. The number of furan rings is 1. The Kier molecular flexibility index (Phi) is 5.73. The fourth-order valence-corrected chi connectivity index (χ4v) is 3.37. The van der Waals surface area contributed by atoms with Crippen LogP contribution >= 0.6 is 0 Å². The number of aliphatic hydroxyl groups is 1. The van der Waals surface area contributed by atoms with Crippen molar-refractivity contribution in [2.24, 2.45) is 5.92 Å². The molecule has 1 aromatic heterocycles. The lowest BCUT2D eigenvalue weighted by atomic mass is 9.87. The van der Waals surface area contributed by atoms with Gasteiger partial charge in [-0.05, 0) is 37.3 Å². The van der Waals surface area contributed by atoms with Gasteiger partial charge in [-0.2, -0.15) is 0 Å². The van der Waals surface area contributed by atoms with Gasteiger partial charge in [0.05, 0.1) is 24.5 Å². The van der Waals surface area contributed by atoms with Crippen molar-refractivity contribution in [3.63, 3.8) is 0 Å². The molecule has 138 valence electrons. The second kappa shape index (κ2) is 8.19. The molecular weight excluding hydrogens is 332 g/mol. The Morgan fingerprint density at radius 2 is 1.92 bits per heavy atom. The number of carbonyl (C=O) groups is 2. The van der Waals surface area contributed by atoms with Crippen LogP contribution in [0, 0.1) is 12.8 Å². The molecule has 0 aliphatic carbocycles. The second-order valence-electron chi connectivity index (χ2n) is 6.65. The van der Waals surface area contributed by atoms with Crippen LogP contribution in [0.5, 0.6) is 0 Å². The lowest BCUT2D eigenvalue weighted by Gasteiger charge is -2.34. The van der Waals surface area contributed by atoms with Crippen molar-refractivity contribution in [2.45, 2.75) is 25.9 Å². The van der Waals surface area contributed by atoms with Gasteiger partial charge < -0.3 is 19.7 Å². The highest BCUT2D eigenvalue weighted by atomic mass is 16.3. The van der Waals surface area contributed by atoms with Gasteiger partial charge in [-0.3, -0.25) is 9.59 Å². The van der Waals surface area contributed by atoms with Crippen LogP contribution in [0.2, 0.25) is 0 Å². The molecule has 2 heterocycles. The zero-order valence-electron chi connectivity index (χ0n) is 14.9. The molecule has 6 nitrogen and oxygen atoms in total. The summed E-state index contributed by atoms with van der Waals surface area (Å²) in [5, 5.41) is 13.2. The first-order chi connectivity index (χ1) is 12.6. The molecule has 26 heavy (non-hydrogen) atoms. The number of carbonyl (C=O) groups excluding carboxylic acids is 2. The molecule has 1 aromatic carbocycles. The van der Waals surface area contributed by atoms with E-state index in [1.54, 1.807) is 17.9 Å². The number of nitrogens with one attached hydrogen (secondary N) is 1. The lowest BCUT2D eigenvalue weighted by Crippen LogP contribution is -2.44. The van der Waals surface area contributed by atoms with Crippen molar-refractivity contribution >= 4 is 11.8 Å². The minimum absolute atomic E-state index is 0.0324. The SMILES string of the molecule is Cc1occc1C(=O)NCC(=O)N1CCC(C(O)c2ccccc2)CC1. The van der Waals surface area contributed by atoms with Gasteiger partial charge >= 0.3 is 0 Å². The average Bonchev–Trinajstić information content (AvgIpc) is 3.12. The molecule has 1 aliphatic heterocycles. The molecule has 2 amide bonds. The first kappa shape index (κ1) is 18.2. The summed E-state index contributed by atoms with van der Waals surface area (Å²) in [6, 6.07) is 11.2. The van der Waals surface area contributed by atoms with E-state index in [2.05, 4.69) is 5.32 Å². The van der Waals surface area contributed by atoms with Crippen LogP contribution in [0.25, 0.3) is 0 Å². The monoisotopic (exact) mass is 356 g/mol. The predicted molar refractivity (Wildman–Crippen MR) is 96.5 cm³/mol. The molecule has 0 radical (unpaired) electrons. The first-order valence-electron chi connectivity index (χ1n) is 8.89. The molecule has 1 aliphatic rings. The maximum absolute atomic E-state index is 12.3. The van der Waals surface area contributed by atoms with Crippen molar-refractivity contribution in [1.82, 2.24) is 10.2 Å². The number of aliphatic hydroxyl groups excluding tert-OH is 1. The standard InChI is InChI=1S/C20H24N2O4/c1-14-17(9-12-26-14)20(25)21-13-18(23)22-10-7-16(8-11-22)19(24)15-5-3-2-4-6-15/h2-6,9,12,16,19,24H,7-8,10-11,13H2,1H3,(H,21,25). The number of benzene rings is 1. The molecule has 1 unspecified atom stereocenters. The van der Waals surface area contributed by atoms with Gasteiger partial charge in [0.25, 0.3) is 5.91 Å². The zero-order valence-corrected chi connectivity index (χ0v) is 14.9. The maximum Gasteiger partial charge on any atom is 0.255 e. The lowest BCUT2D eigenvalue weighted by molar-refractivity contribution is -0.132. The van der Waals surface area contributed by atoms with E-state index < -0.39 is 6.10 Å². The number of hydrogen-bond donors (Lipinski definition) is 2. The van der Waals surface area contributed by atoms with Gasteiger partial charge in [-0.15, -0.1) is 0 Å². The van der Waals surface area contributed by atoms with Crippen LogP contribution in [0.4, 0.5) is 0 Å². The van der Waals surface area contributed by atoms with Crippen LogP contribution in [0.15, 0.2) is 47.1 Å². The third-order valence-electron chi connectivity index (χ3n) is 4.98. The molecule has 0 spiro atoms. The normalized spacial score (nSPS) is 16.3. The van der Waals surface area contributed by atoms with Gasteiger partial charge in [0.1, 0.15) is 5.76 Å². The van der Waals surface area contributed by atoms with Crippen molar-refractivity contribution in [3.8, 4) is 0 Å². The topological polar surface area (TPSA) is 82.8 Å². The largest absolute Gasteiger partial charge is 0.469 e. The van der Waals surface area contributed by atoms with Crippen LogP contribution in [0.3, 0.4) is 0 Å².